The number of hydrogen-bond acceptors (Lipinski definition) is 1. The molecule has 0 spiro atoms. The highest BCUT2D eigenvalue weighted by Crippen LogP contribution is 1.87. The van der Waals surface area contributed by atoms with Crippen LogP contribution in [0.15, 0.2) is 30.4 Å². The summed E-state index contributed by atoms with van der Waals surface area (Å²) in [6.07, 6.45) is 3.19. The summed E-state index contributed by atoms with van der Waals surface area (Å²) in [5.41, 5.74) is 0.903. The number of rotatable bonds is 3. The van der Waals surface area contributed by atoms with E-state index in [0.717, 1.165) is 11.0 Å². The molecule has 0 aliphatic rings. The standard InChI is InChI=1S/C6H8BrN/c1-3-6(5-7)8-4-2/h3-4H,1-2,5H2. The van der Waals surface area contributed by atoms with Crippen LogP contribution in [0.25, 0.3) is 0 Å². The molecule has 0 heterocycles. The Kier molecular flexibility index (Phi) is 4.56. The number of allylic oxidation sites excluding steroid dienone is 1. The molecule has 0 saturated carbocycles. The summed E-state index contributed by atoms with van der Waals surface area (Å²) >= 11 is 3.23. The second kappa shape index (κ2) is 4.78. The van der Waals surface area contributed by atoms with Gasteiger partial charge in [-0.1, -0.05) is 29.1 Å². The second-order valence-corrected chi connectivity index (χ2v) is 1.70. The smallest absolute Gasteiger partial charge is 0.0502 e. The molecular weight excluding hydrogens is 166 g/mol. The van der Waals surface area contributed by atoms with Gasteiger partial charge in [-0.25, -0.2) is 0 Å². The Morgan fingerprint density at radius 3 is 2.38 bits per heavy atom. The van der Waals surface area contributed by atoms with Gasteiger partial charge in [0.2, 0.25) is 0 Å². The summed E-state index contributed by atoms with van der Waals surface area (Å²) in [7, 11) is 0. The van der Waals surface area contributed by atoms with Gasteiger partial charge in [0.1, 0.15) is 0 Å². The highest BCUT2D eigenvalue weighted by molar-refractivity contribution is 9.09. The van der Waals surface area contributed by atoms with E-state index in [0.29, 0.717) is 0 Å². The van der Waals surface area contributed by atoms with Gasteiger partial charge in [-0.3, -0.25) is 4.99 Å². The van der Waals surface area contributed by atoms with Crippen LogP contribution in [0.4, 0.5) is 0 Å². The van der Waals surface area contributed by atoms with Crippen LogP contribution in [-0.4, -0.2) is 11.0 Å². The lowest BCUT2D eigenvalue weighted by Gasteiger charge is -1.86. The van der Waals surface area contributed by atoms with E-state index in [2.05, 4.69) is 34.1 Å². The summed E-state index contributed by atoms with van der Waals surface area (Å²) in [4.78, 5) is 3.88. The van der Waals surface area contributed by atoms with Crippen molar-refractivity contribution in [2.24, 2.45) is 4.99 Å². The van der Waals surface area contributed by atoms with Crippen LogP contribution >= 0.6 is 15.9 Å². The van der Waals surface area contributed by atoms with Crippen molar-refractivity contribution in [2.45, 2.75) is 0 Å². The van der Waals surface area contributed by atoms with Crippen LogP contribution in [0.3, 0.4) is 0 Å². The number of alkyl halides is 1. The molecule has 0 radical (unpaired) electrons. The first-order chi connectivity index (χ1) is 3.85. The highest BCUT2D eigenvalue weighted by Gasteiger charge is 1.82. The minimum atomic E-state index is 0.739. The van der Waals surface area contributed by atoms with E-state index in [-0.39, 0.29) is 0 Å². The fraction of sp³-hybridized carbons (Fsp3) is 0.167. The zero-order valence-electron chi connectivity index (χ0n) is 4.60. The Balaban J connectivity index is 3.84. The van der Waals surface area contributed by atoms with Crippen LogP contribution in [0.1, 0.15) is 0 Å². The van der Waals surface area contributed by atoms with Gasteiger partial charge in [-0.05, 0) is 6.08 Å². The average Bonchev–Trinajstić information content (AvgIpc) is 1.83. The van der Waals surface area contributed by atoms with Gasteiger partial charge in [0, 0.05) is 11.5 Å². The van der Waals surface area contributed by atoms with Gasteiger partial charge >= 0.3 is 0 Å². The molecule has 0 bridgehead atoms. The Morgan fingerprint density at radius 2 is 2.25 bits per heavy atom. The average molecular weight is 174 g/mol. The van der Waals surface area contributed by atoms with Crippen molar-refractivity contribution in [2.75, 3.05) is 5.33 Å². The van der Waals surface area contributed by atoms with Gasteiger partial charge in [-0.15, -0.1) is 0 Å². The third kappa shape index (κ3) is 2.75. The molecule has 0 aromatic rings. The summed E-state index contributed by atoms with van der Waals surface area (Å²) in [6, 6.07) is 0. The molecule has 0 rings (SSSR count). The molecule has 8 heavy (non-hydrogen) atoms. The lowest BCUT2D eigenvalue weighted by molar-refractivity contribution is 1.57. The Labute approximate surface area is 57.9 Å². The van der Waals surface area contributed by atoms with Gasteiger partial charge in [0.15, 0.2) is 0 Å². The van der Waals surface area contributed by atoms with E-state index < -0.39 is 0 Å². The highest BCUT2D eigenvalue weighted by atomic mass is 79.9. The zero-order valence-corrected chi connectivity index (χ0v) is 6.19. The van der Waals surface area contributed by atoms with E-state index in [1.165, 1.54) is 6.20 Å². The Hall–Kier alpha value is -0.370. The molecule has 2 heteroatoms. The van der Waals surface area contributed by atoms with Crippen LogP contribution in [0.5, 0.6) is 0 Å². The van der Waals surface area contributed by atoms with Gasteiger partial charge in [0.25, 0.3) is 0 Å². The molecule has 0 N–H and O–H groups in total. The summed E-state index contributed by atoms with van der Waals surface area (Å²) in [6.45, 7) is 6.98. The maximum absolute atomic E-state index is 3.88. The number of nitrogens with zero attached hydrogens (tertiary/aromatic N) is 1. The lowest BCUT2D eigenvalue weighted by Crippen LogP contribution is -1.90. The maximum atomic E-state index is 3.88. The molecule has 44 valence electrons. The van der Waals surface area contributed by atoms with Gasteiger partial charge in [-0.2, -0.15) is 0 Å². The monoisotopic (exact) mass is 173 g/mol. The van der Waals surface area contributed by atoms with Gasteiger partial charge in [0.05, 0.1) is 5.71 Å². The van der Waals surface area contributed by atoms with Crippen LogP contribution in [0.2, 0.25) is 0 Å². The minimum absolute atomic E-state index is 0.739. The lowest BCUT2D eigenvalue weighted by atomic mass is 10.4. The summed E-state index contributed by atoms with van der Waals surface area (Å²) in [5.74, 6) is 0. The van der Waals surface area contributed by atoms with Crippen molar-refractivity contribution in [3.05, 3.63) is 25.4 Å². The first kappa shape index (κ1) is 7.63. The molecule has 0 aliphatic carbocycles. The molecule has 0 atom stereocenters. The van der Waals surface area contributed by atoms with Crippen molar-refractivity contribution in [1.82, 2.24) is 0 Å². The van der Waals surface area contributed by atoms with Crippen molar-refractivity contribution in [3.8, 4) is 0 Å². The molecule has 0 unspecified atom stereocenters. The predicted molar refractivity (Wildman–Crippen MR) is 41.6 cm³/mol. The number of halogens is 1. The van der Waals surface area contributed by atoms with Crippen molar-refractivity contribution in [1.29, 1.82) is 0 Å². The minimum Gasteiger partial charge on any atom is -0.261 e. The largest absolute Gasteiger partial charge is 0.261 e. The third-order valence-electron chi connectivity index (χ3n) is 0.630. The van der Waals surface area contributed by atoms with E-state index in [1.54, 1.807) is 6.08 Å². The predicted octanol–water partition coefficient (Wildman–Crippen LogP) is 2.15. The number of aliphatic imine (C=N–C) groups is 1. The summed E-state index contributed by atoms with van der Waals surface area (Å²) in [5, 5.41) is 0.739. The molecule has 0 aromatic heterocycles. The molecule has 0 saturated heterocycles. The van der Waals surface area contributed by atoms with E-state index in [9.17, 15) is 0 Å². The molecule has 0 amide bonds. The molecular formula is C6H8BrN. The first-order valence-electron chi connectivity index (χ1n) is 2.21. The topological polar surface area (TPSA) is 12.4 Å². The summed E-state index contributed by atoms with van der Waals surface area (Å²) < 4.78 is 0. The first-order valence-corrected chi connectivity index (χ1v) is 3.33. The second-order valence-electron chi connectivity index (χ2n) is 1.14. The Morgan fingerprint density at radius 1 is 1.62 bits per heavy atom. The van der Waals surface area contributed by atoms with E-state index >= 15 is 0 Å². The normalized spacial score (nSPS) is 10.9. The van der Waals surface area contributed by atoms with Crippen LogP contribution in [0, 0.1) is 0 Å². The molecule has 0 fully saturated rings. The zero-order chi connectivity index (χ0) is 6.41. The molecule has 0 aromatic carbocycles. The van der Waals surface area contributed by atoms with Gasteiger partial charge < -0.3 is 0 Å². The SMILES string of the molecule is C=CN=C(C=C)CBr. The number of hydrogen-bond donors (Lipinski definition) is 0. The Bertz CT molecular complexity index is 116. The fourth-order valence-electron chi connectivity index (χ4n) is 0.259. The van der Waals surface area contributed by atoms with Crippen molar-refractivity contribution >= 4 is 21.6 Å². The van der Waals surface area contributed by atoms with Crippen LogP contribution in [-0.2, 0) is 0 Å². The maximum Gasteiger partial charge on any atom is 0.0502 e. The quantitative estimate of drug-likeness (QED) is 0.459. The van der Waals surface area contributed by atoms with E-state index in [4.69, 9.17) is 0 Å². The fourth-order valence-corrected chi connectivity index (χ4v) is 0.633. The van der Waals surface area contributed by atoms with Crippen LogP contribution < -0.4 is 0 Å². The third-order valence-corrected chi connectivity index (χ3v) is 1.20. The molecule has 0 aliphatic heterocycles. The van der Waals surface area contributed by atoms with E-state index in [1.807, 2.05) is 0 Å². The molecule has 1 nitrogen and oxygen atoms in total. The van der Waals surface area contributed by atoms with Crippen molar-refractivity contribution in [3.63, 3.8) is 0 Å². The van der Waals surface area contributed by atoms with Crippen molar-refractivity contribution < 1.29 is 0 Å².